The Bertz CT molecular complexity index is 674. The summed E-state index contributed by atoms with van der Waals surface area (Å²) in [7, 11) is 0. The Balaban J connectivity index is 2.26. The van der Waals surface area contributed by atoms with Crippen LogP contribution in [0.3, 0.4) is 0 Å². The van der Waals surface area contributed by atoms with E-state index in [0.29, 0.717) is 0 Å². The Kier molecular flexibility index (Phi) is 2.56. The first-order chi connectivity index (χ1) is 9.08. The van der Waals surface area contributed by atoms with Crippen molar-refractivity contribution in [2.75, 3.05) is 0 Å². The lowest BCUT2D eigenvalue weighted by Gasteiger charge is -2.11. The van der Waals surface area contributed by atoms with Crippen LogP contribution in [0.15, 0.2) is 36.4 Å². The van der Waals surface area contributed by atoms with Gasteiger partial charge in [0.05, 0.1) is 6.42 Å². The second-order valence-corrected chi connectivity index (χ2v) is 4.96. The van der Waals surface area contributed by atoms with Gasteiger partial charge in [-0.25, -0.2) is 0 Å². The number of benzene rings is 2. The highest BCUT2D eigenvalue weighted by Crippen LogP contribution is 2.48. The van der Waals surface area contributed by atoms with Crippen LogP contribution in [-0.4, -0.2) is 16.2 Å². The number of hydrogen-bond donors (Lipinski definition) is 2. The van der Waals surface area contributed by atoms with E-state index in [0.717, 1.165) is 27.8 Å². The minimum atomic E-state index is -0.825. The minimum absolute atomic E-state index is 0.0485. The maximum atomic E-state index is 11.1. The molecule has 0 saturated carbocycles. The zero-order chi connectivity index (χ0) is 13.6. The summed E-state index contributed by atoms with van der Waals surface area (Å²) in [6, 6.07) is 11.2. The maximum Gasteiger partial charge on any atom is 0.304 e. The highest BCUT2D eigenvalue weighted by Gasteiger charge is 2.31. The normalized spacial score (nSPS) is 15.9. The molecule has 0 bridgehead atoms. The van der Waals surface area contributed by atoms with Crippen molar-refractivity contribution < 1.29 is 15.0 Å². The van der Waals surface area contributed by atoms with E-state index >= 15 is 0 Å². The van der Waals surface area contributed by atoms with Crippen molar-refractivity contribution in [2.45, 2.75) is 19.3 Å². The topological polar surface area (TPSA) is 57.5 Å². The van der Waals surface area contributed by atoms with Gasteiger partial charge < -0.3 is 10.2 Å². The predicted octanol–water partition coefficient (Wildman–Crippen LogP) is 3.29. The second kappa shape index (κ2) is 4.12. The molecule has 0 heterocycles. The van der Waals surface area contributed by atoms with Crippen LogP contribution in [0.2, 0.25) is 0 Å². The lowest BCUT2D eigenvalue weighted by Crippen LogP contribution is -2.05. The third-order valence-electron chi connectivity index (χ3n) is 3.74. The summed E-state index contributed by atoms with van der Waals surface area (Å²) in [5.74, 6) is -0.817. The number of aryl methyl sites for hydroxylation is 1. The molecule has 1 atom stereocenters. The number of carboxylic acid groups (broad SMARTS) is 1. The van der Waals surface area contributed by atoms with Gasteiger partial charge in [-0.1, -0.05) is 24.3 Å². The minimum Gasteiger partial charge on any atom is -0.508 e. The van der Waals surface area contributed by atoms with Gasteiger partial charge in [-0.05, 0) is 46.9 Å². The number of hydrogen-bond acceptors (Lipinski definition) is 2. The molecule has 96 valence electrons. The van der Waals surface area contributed by atoms with Crippen LogP contribution in [0.25, 0.3) is 11.1 Å². The molecular formula is C16H14O3. The summed E-state index contributed by atoms with van der Waals surface area (Å²) in [6.45, 7) is 2.03. The summed E-state index contributed by atoms with van der Waals surface area (Å²) in [6.07, 6.45) is 0.0485. The first kappa shape index (κ1) is 11.8. The maximum absolute atomic E-state index is 11.1. The number of phenols is 1. The van der Waals surface area contributed by atoms with Crippen LogP contribution in [0.4, 0.5) is 0 Å². The third-order valence-corrected chi connectivity index (χ3v) is 3.74. The fourth-order valence-corrected chi connectivity index (χ4v) is 2.98. The molecule has 1 aliphatic carbocycles. The smallest absolute Gasteiger partial charge is 0.304 e. The van der Waals surface area contributed by atoms with Crippen molar-refractivity contribution in [3.63, 3.8) is 0 Å². The van der Waals surface area contributed by atoms with Crippen molar-refractivity contribution >= 4 is 5.97 Å². The van der Waals surface area contributed by atoms with E-state index in [1.807, 2.05) is 31.2 Å². The van der Waals surface area contributed by atoms with E-state index in [2.05, 4.69) is 0 Å². The first-order valence-corrected chi connectivity index (χ1v) is 6.22. The molecule has 0 spiro atoms. The number of carboxylic acids is 1. The SMILES string of the molecule is Cc1cccc2c1-c1ccc(O)cc1C2CC(=O)O. The van der Waals surface area contributed by atoms with E-state index in [-0.39, 0.29) is 18.1 Å². The van der Waals surface area contributed by atoms with Crippen LogP contribution in [-0.2, 0) is 4.79 Å². The number of phenolic OH excluding ortho intramolecular Hbond substituents is 1. The van der Waals surface area contributed by atoms with Gasteiger partial charge in [-0.3, -0.25) is 4.79 Å². The molecule has 3 heteroatoms. The molecule has 2 aromatic carbocycles. The van der Waals surface area contributed by atoms with Crippen molar-refractivity contribution in [2.24, 2.45) is 0 Å². The lowest BCUT2D eigenvalue weighted by molar-refractivity contribution is -0.137. The molecule has 1 aliphatic rings. The average molecular weight is 254 g/mol. The van der Waals surface area contributed by atoms with Crippen molar-refractivity contribution in [3.8, 4) is 16.9 Å². The summed E-state index contributed by atoms with van der Waals surface area (Å²) >= 11 is 0. The predicted molar refractivity (Wildman–Crippen MR) is 72.4 cm³/mol. The number of aliphatic carboxylic acids is 1. The van der Waals surface area contributed by atoms with Crippen molar-refractivity contribution in [1.29, 1.82) is 0 Å². The third kappa shape index (κ3) is 1.78. The van der Waals surface area contributed by atoms with Gasteiger partial charge in [-0.2, -0.15) is 0 Å². The van der Waals surface area contributed by atoms with Gasteiger partial charge in [-0.15, -0.1) is 0 Å². The molecular weight excluding hydrogens is 240 g/mol. The molecule has 0 fully saturated rings. The molecule has 2 N–H and O–H groups in total. The average Bonchev–Trinajstić information content (AvgIpc) is 2.64. The molecule has 0 saturated heterocycles. The summed E-state index contributed by atoms with van der Waals surface area (Å²) in [5.41, 5.74) is 5.24. The Morgan fingerprint density at radius 3 is 2.74 bits per heavy atom. The van der Waals surface area contributed by atoms with Gasteiger partial charge in [0.15, 0.2) is 0 Å². The Morgan fingerprint density at radius 1 is 1.21 bits per heavy atom. The van der Waals surface area contributed by atoms with Gasteiger partial charge in [0.25, 0.3) is 0 Å². The van der Waals surface area contributed by atoms with Crippen molar-refractivity contribution in [3.05, 3.63) is 53.1 Å². The highest BCUT2D eigenvalue weighted by atomic mass is 16.4. The number of rotatable bonds is 2. The van der Waals surface area contributed by atoms with Gasteiger partial charge >= 0.3 is 5.97 Å². The van der Waals surface area contributed by atoms with Crippen molar-refractivity contribution in [1.82, 2.24) is 0 Å². The van der Waals surface area contributed by atoms with E-state index in [1.54, 1.807) is 12.1 Å². The van der Waals surface area contributed by atoms with Gasteiger partial charge in [0.1, 0.15) is 5.75 Å². The van der Waals surface area contributed by atoms with E-state index in [4.69, 9.17) is 5.11 Å². The number of carbonyl (C=O) groups is 1. The summed E-state index contributed by atoms with van der Waals surface area (Å²) in [4.78, 5) is 11.1. The zero-order valence-electron chi connectivity index (χ0n) is 10.6. The van der Waals surface area contributed by atoms with Crippen LogP contribution in [0.1, 0.15) is 29.0 Å². The molecule has 2 aromatic rings. The molecule has 0 radical (unpaired) electrons. The second-order valence-electron chi connectivity index (χ2n) is 4.96. The Hall–Kier alpha value is -2.29. The van der Waals surface area contributed by atoms with Crippen LogP contribution in [0.5, 0.6) is 5.75 Å². The summed E-state index contributed by atoms with van der Waals surface area (Å²) < 4.78 is 0. The zero-order valence-corrected chi connectivity index (χ0v) is 10.6. The molecule has 0 aliphatic heterocycles. The highest BCUT2D eigenvalue weighted by molar-refractivity contribution is 5.84. The fourth-order valence-electron chi connectivity index (χ4n) is 2.98. The van der Waals surface area contributed by atoms with Gasteiger partial charge in [0, 0.05) is 5.92 Å². The monoisotopic (exact) mass is 254 g/mol. The number of fused-ring (bicyclic) bond motifs is 3. The molecule has 0 amide bonds. The van der Waals surface area contributed by atoms with Gasteiger partial charge in [0.2, 0.25) is 0 Å². The van der Waals surface area contributed by atoms with E-state index in [1.165, 1.54) is 0 Å². The van der Waals surface area contributed by atoms with Crippen LogP contribution >= 0.6 is 0 Å². The standard InChI is InChI=1S/C16H14O3/c1-9-3-2-4-11-14(8-15(18)19)13-7-10(17)5-6-12(13)16(9)11/h2-7,14,17H,8H2,1H3,(H,18,19). The molecule has 3 nitrogen and oxygen atoms in total. The van der Waals surface area contributed by atoms with Crippen LogP contribution in [0, 0.1) is 6.92 Å². The van der Waals surface area contributed by atoms with E-state index < -0.39 is 5.97 Å². The Morgan fingerprint density at radius 2 is 2.00 bits per heavy atom. The largest absolute Gasteiger partial charge is 0.508 e. The molecule has 19 heavy (non-hydrogen) atoms. The summed E-state index contributed by atoms with van der Waals surface area (Å²) in [5, 5.41) is 18.8. The molecule has 0 aromatic heterocycles. The molecule has 1 unspecified atom stereocenters. The quantitative estimate of drug-likeness (QED) is 0.864. The molecule has 3 rings (SSSR count). The fraction of sp³-hybridized carbons (Fsp3) is 0.188. The first-order valence-electron chi connectivity index (χ1n) is 6.22. The Labute approximate surface area is 111 Å². The van der Waals surface area contributed by atoms with E-state index in [9.17, 15) is 9.90 Å². The van der Waals surface area contributed by atoms with Crippen LogP contribution < -0.4 is 0 Å². The lowest BCUT2D eigenvalue weighted by atomic mass is 9.93. The number of aromatic hydroxyl groups is 1.